The summed E-state index contributed by atoms with van der Waals surface area (Å²) in [6.45, 7) is 1.99. The van der Waals surface area contributed by atoms with E-state index in [0.29, 0.717) is 12.8 Å². The Labute approximate surface area is 121 Å². The highest BCUT2D eigenvalue weighted by Crippen LogP contribution is 2.32. The summed E-state index contributed by atoms with van der Waals surface area (Å²) in [7, 11) is 0. The van der Waals surface area contributed by atoms with Crippen LogP contribution in [-0.4, -0.2) is 32.7 Å². The van der Waals surface area contributed by atoms with E-state index >= 15 is 0 Å². The molecule has 2 atom stereocenters. The zero-order valence-electron chi connectivity index (χ0n) is 11.1. The molecule has 0 aliphatic heterocycles. The van der Waals surface area contributed by atoms with E-state index in [0.717, 1.165) is 12.8 Å². The number of carboxylic acid groups (broad SMARTS) is 1. The molecule has 1 aromatic heterocycles. The first-order valence-corrected chi connectivity index (χ1v) is 6.86. The first-order valence-electron chi connectivity index (χ1n) is 6.48. The first kappa shape index (κ1) is 14.7. The van der Waals surface area contributed by atoms with Gasteiger partial charge >= 0.3 is 5.97 Å². The highest BCUT2D eigenvalue weighted by atomic mass is 35.5. The molecule has 2 rings (SSSR count). The SMILES string of the molecule is CC1CCCC(NC(=O)c2ccc(Cl)nn2)(C(=O)O)C1. The van der Waals surface area contributed by atoms with Crippen LogP contribution in [0.25, 0.3) is 0 Å². The van der Waals surface area contributed by atoms with Gasteiger partial charge in [-0.2, -0.15) is 0 Å². The molecule has 20 heavy (non-hydrogen) atoms. The van der Waals surface area contributed by atoms with E-state index in [2.05, 4.69) is 15.5 Å². The van der Waals surface area contributed by atoms with E-state index in [4.69, 9.17) is 11.6 Å². The number of aromatic nitrogens is 2. The number of amides is 1. The maximum Gasteiger partial charge on any atom is 0.329 e. The molecule has 0 radical (unpaired) electrons. The van der Waals surface area contributed by atoms with Crippen LogP contribution in [0.1, 0.15) is 43.1 Å². The molecule has 108 valence electrons. The average Bonchev–Trinajstić information content (AvgIpc) is 2.39. The number of carbonyl (C=O) groups excluding carboxylic acids is 1. The summed E-state index contributed by atoms with van der Waals surface area (Å²) in [6.07, 6.45) is 2.61. The van der Waals surface area contributed by atoms with Crippen LogP contribution in [0.3, 0.4) is 0 Å². The molecule has 1 amide bonds. The van der Waals surface area contributed by atoms with Gasteiger partial charge in [0.2, 0.25) is 0 Å². The summed E-state index contributed by atoms with van der Waals surface area (Å²) >= 11 is 5.61. The highest BCUT2D eigenvalue weighted by Gasteiger charge is 2.43. The van der Waals surface area contributed by atoms with Crippen LogP contribution in [0.5, 0.6) is 0 Å². The molecule has 2 unspecified atom stereocenters. The van der Waals surface area contributed by atoms with Crippen LogP contribution >= 0.6 is 11.6 Å². The van der Waals surface area contributed by atoms with Gasteiger partial charge in [0.15, 0.2) is 10.8 Å². The molecule has 6 nitrogen and oxygen atoms in total. The van der Waals surface area contributed by atoms with Gasteiger partial charge in [-0.25, -0.2) is 4.79 Å². The van der Waals surface area contributed by atoms with Gasteiger partial charge in [0.1, 0.15) is 5.54 Å². The van der Waals surface area contributed by atoms with Crippen molar-refractivity contribution in [2.45, 2.75) is 38.1 Å². The Hall–Kier alpha value is -1.69. The minimum Gasteiger partial charge on any atom is -0.480 e. The van der Waals surface area contributed by atoms with Crippen molar-refractivity contribution in [3.05, 3.63) is 23.0 Å². The lowest BCUT2D eigenvalue weighted by molar-refractivity contribution is -0.146. The molecule has 0 aromatic carbocycles. The molecule has 0 saturated heterocycles. The third-order valence-corrected chi connectivity index (χ3v) is 3.83. The van der Waals surface area contributed by atoms with Gasteiger partial charge in [-0.1, -0.05) is 31.4 Å². The number of nitrogens with one attached hydrogen (secondary N) is 1. The maximum atomic E-state index is 12.1. The molecule has 7 heteroatoms. The van der Waals surface area contributed by atoms with E-state index in [1.54, 1.807) is 0 Å². The monoisotopic (exact) mass is 297 g/mol. The van der Waals surface area contributed by atoms with E-state index < -0.39 is 17.4 Å². The Kier molecular flexibility index (Phi) is 4.23. The number of hydrogen-bond acceptors (Lipinski definition) is 4. The predicted octanol–water partition coefficient (Wildman–Crippen LogP) is 1.89. The van der Waals surface area contributed by atoms with Gasteiger partial charge in [-0.15, -0.1) is 10.2 Å². The van der Waals surface area contributed by atoms with Crippen LogP contribution in [0, 0.1) is 5.92 Å². The van der Waals surface area contributed by atoms with Gasteiger partial charge in [-0.3, -0.25) is 4.79 Å². The van der Waals surface area contributed by atoms with Crippen LogP contribution < -0.4 is 5.32 Å². The van der Waals surface area contributed by atoms with Crippen molar-refractivity contribution in [1.29, 1.82) is 0 Å². The average molecular weight is 298 g/mol. The van der Waals surface area contributed by atoms with E-state index in [1.807, 2.05) is 6.92 Å². The lowest BCUT2D eigenvalue weighted by atomic mass is 9.76. The summed E-state index contributed by atoms with van der Waals surface area (Å²) < 4.78 is 0. The number of nitrogens with zero attached hydrogens (tertiary/aromatic N) is 2. The summed E-state index contributed by atoms with van der Waals surface area (Å²) in [5.41, 5.74) is -1.15. The lowest BCUT2D eigenvalue weighted by Gasteiger charge is -2.36. The van der Waals surface area contributed by atoms with Crippen LogP contribution in [0.15, 0.2) is 12.1 Å². The van der Waals surface area contributed by atoms with Crippen LogP contribution in [0.2, 0.25) is 5.15 Å². The molecular weight excluding hydrogens is 282 g/mol. The quantitative estimate of drug-likeness (QED) is 0.889. The predicted molar refractivity (Wildman–Crippen MR) is 72.5 cm³/mol. The minimum absolute atomic E-state index is 0.0632. The maximum absolute atomic E-state index is 12.1. The molecule has 1 aliphatic carbocycles. The van der Waals surface area contributed by atoms with E-state index in [-0.39, 0.29) is 16.8 Å². The molecule has 0 bridgehead atoms. The molecule has 1 heterocycles. The fourth-order valence-electron chi connectivity index (χ4n) is 2.63. The zero-order valence-corrected chi connectivity index (χ0v) is 11.9. The molecule has 1 fully saturated rings. The first-order chi connectivity index (χ1) is 9.43. The van der Waals surface area contributed by atoms with Crippen molar-refractivity contribution < 1.29 is 14.7 Å². The molecule has 1 aromatic rings. The number of aliphatic carboxylic acids is 1. The normalized spacial score (nSPS) is 26.0. The smallest absolute Gasteiger partial charge is 0.329 e. The third kappa shape index (κ3) is 3.07. The van der Waals surface area contributed by atoms with E-state index in [1.165, 1.54) is 12.1 Å². The number of carbonyl (C=O) groups is 2. The van der Waals surface area contributed by atoms with E-state index in [9.17, 15) is 14.7 Å². The second kappa shape index (κ2) is 5.75. The Morgan fingerprint density at radius 3 is 2.75 bits per heavy atom. The number of halogens is 1. The summed E-state index contributed by atoms with van der Waals surface area (Å²) in [5.74, 6) is -1.28. The second-order valence-electron chi connectivity index (χ2n) is 5.28. The largest absolute Gasteiger partial charge is 0.480 e. The number of carboxylic acids is 1. The minimum atomic E-state index is -1.21. The Morgan fingerprint density at radius 2 is 2.20 bits per heavy atom. The van der Waals surface area contributed by atoms with Crippen molar-refractivity contribution in [3.63, 3.8) is 0 Å². The molecular formula is C13H16ClN3O3. The van der Waals surface area contributed by atoms with Crippen molar-refractivity contribution in [2.24, 2.45) is 5.92 Å². The Morgan fingerprint density at radius 1 is 1.45 bits per heavy atom. The zero-order chi connectivity index (χ0) is 14.8. The Bertz CT molecular complexity index is 520. The van der Waals surface area contributed by atoms with Crippen LogP contribution in [-0.2, 0) is 4.79 Å². The van der Waals surface area contributed by atoms with Gasteiger partial charge in [0.25, 0.3) is 5.91 Å². The van der Waals surface area contributed by atoms with Crippen molar-refractivity contribution in [2.75, 3.05) is 0 Å². The fraction of sp³-hybridized carbons (Fsp3) is 0.538. The topological polar surface area (TPSA) is 92.2 Å². The number of rotatable bonds is 3. The summed E-state index contributed by atoms with van der Waals surface area (Å²) in [4.78, 5) is 23.7. The van der Waals surface area contributed by atoms with Gasteiger partial charge < -0.3 is 10.4 Å². The van der Waals surface area contributed by atoms with Crippen molar-refractivity contribution in [1.82, 2.24) is 15.5 Å². The third-order valence-electron chi connectivity index (χ3n) is 3.62. The molecule has 0 spiro atoms. The summed E-state index contributed by atoms with van der Waals surface area (Å²) in [5, 5.41) is 19.5. The molecule has 1 aliphatic rings. The molecule has 1 saturated carbocycles. The lowest BCUT2D eigenvalue weighted by Crippen LogP contribution is -2.56. The fourth-order valence-corrected chi connectivity index (χ4v) is 2.73. The van der Waals surface area contributed by atoms with Gasteiger partial charge in [0.05, 0.1) is 0 Å². The second-order valence-corrected chi connectivity index (χ2v) is 5.67. The summed E-state index contributed by atoms with van der Waals surface area (Å²) in [6, 6.07) is 2.87. The van der Waals surface area contributed by atoms with Crippen LogP contribution in [0.4, 0.5) is 0 Å². The Balaban J connectivity index is 2.18. The molecule has 2 N–H and O–H groups in total. The highest BCUT2D eigenvalue weighted by molar-refractivity contribution is 6.29. The van der Waals surface area contributed by atoms with Gasteiger partial charge in [-0.05, 0) is 30.9 Å². The van der Waals surface area contributed by atoms with Crippen molar-refractivity contribution in [3.8, 4) is 0 Å². The van der Waals surface area contributed by atoms with Gasteiger partial charge in [0, 0.05) is 0 Å². The standard InChI is InChI=1S/C13H16ClN3O3/c1-8-3-2-6-13(7-8,12(19)20)15-11(18)9-4-5-10(14)17-16-9/h4-5,8H,2-3,6-7H2,1H3,(H,15,18)(H,19,20). The number of hydrogen-bond donors (Lipinski definition) is 2. The van der Waals surface area contributed by atoms with Crippen molar-refractivity contribution >= 4 is 23.5 Å².